The van der Waals surface area contributed by atoms with Gasteiger partial charge in [0.2, 0.25) is 0 Å². The van der Waals surface area contributed by atoms with Crippen molar-refractivity contribution in [2.75, 3.05) is 0 Å². The molecule has 0 nitrogen and oxygen atoms in total. The molecule has 0 amide bonds. The summed E-state index contributed by atoms with van der Waals surface area (Å²) in [5.74, 6) is 1.34. The predicted octanol–water partition coefficient (Wildman–Crippen LogP) is 4.56. The van der Waals surface area contributed by atoms with Gasteiger partial charge in [0.1, 0.15) is 0 Å². The second kappa shape index (κ2) is 3.17. The minimum absolute atomic E-state index is 0.222. The second-order valence-corrected chi connectivity index (χ2v) is 8.44. The van der Waals surface area contributed by atoms with Gasteiger partial charge in [-0.05, 0) is 31.6 Å². The van der Waals surface area contributed by atoms with E-state index in [1.807, 2.05) is 0 Å². The van der Waals surface area contributed by atoms with Gasteiger partial charge < -0.3 is 0 Å². The quantitative estimate of drug-likeness (QED) is 0.576. The van der Waals surface area contributed by atoms with E-state index in [1.165, 1.54) is 19.3 Å². The molecular formula is C9H12BrCl3. The standard InChI is InChI=1S/C9H12BrCl3/c1-8(10)5-3-2-4-6(8)7(5)9(11,12)13/h5-7H,2-4H2,1H3/t5-,6+,7?,8?. The highest BCUT2D eigenvalue weighted by Gasteiger charge is 2.64. The summed E-state index contributed by atoms with van der Waals surface area (Å²) in [6.07, 6.45) is 3.67. The van der Waals surface area contributed by atoms with Gasteiger partial charge in [0, 0.05) is 10.2 Å². The second-order valence-electron chi connectivity index (χ2n) is 4.36. The van der Waals surface area contributed by atoms with Gasteiger partial charge in [0.05, 0.1) is 0 Å². The minimum Gasteiger partial charge on any atom is -0.0850 e. The van der Waals surface area contributed by atoms with Crippen LogP contribution in [-0.2, 0) is 0 Å². The molecule has 3 aliphatic rings. The van der Waals surface area contributed by atoms with Gasteiger partial charge in [-0.15, -0.1) is 0 Å². The first-order valence-corrected chi connectivity index (χ1v) is 6.53. The normalized spacial score (nSPS) is 50.1. The third-order valence-corrected chi connectivity index (χ3v) is 5.66. The Labute approximate surface area is 102 Å². The van der Waals surface area contributed by atoms with Crippen molar-refractivity contribution in [1.82, 2.24) is 0 Å². The highest BCUT2D eigenvalue weighted by Crippen LogP contribution is 2.67. The van der Waals surface area contributed by atoms with Gasteiger partial charge in [-0.25, -0.2) is 0 Å². The summed E-state index contributed by atoms with van der Waals surface area (Å²) in [7, 11) is 0. The first kappa shape index (κ1) is 10.9. The molecule has 4 heteroatoms. The molecule has 76 valence electrons. The number of hydrogen-bond acceptors (Lipinski definition) is 0. The highest BCUT2D eigenvalue weighted by atomic mass is 79.9. The smallest absolute Gasteiger partial charge is 0.0850 e. The topological polar surface area (TPSA) is 0 Å². The van der Waals surface area contributed by atoms with E-state index in [2.05, 4.69) is 22.9 Å². The van der Waals surface area contributed by atoms with Gasteiger partial charge in [-0.2, -0.15) is 0 Å². The Kier molecular flexibility index (Phi) is 2.65. The van der Waals surface area contributed by atoms with Gasteiger partial charge in [-0.3, -0.25) is 0 Å². The fourth-order valence-electron chi connectivity index (χ4n) is 3.08. The van der Waals surface area contributed by atoms with Crippen molar-refractivity contribution >= 4 is 50.7 Å². The monoisotopic (exact) mass is 304 g/mol. The third kappa shape index (κ3) is 1.55. The van der Waals surface area contributed by atoms with Crippen molar-refractivity contribution in [3.8, 4) is 0 Å². The van der Waals surface area contributed by atoms with Gasteiger partial charge in [0.25, 0.3) is 0 Å². The van der Waals surface area contributed by atoms with Crippen LogP contribution in [0.3, 0.4) is 0 Å². The highest BCUT2D eigenvalue weighted by molar-refractivity contribution is 9.10. The molecule has 2 bridgehead atoms. The zero-order chi connectivity index (χ0) is 9.85. The lowest BCUT2D eigenvalue weighted by atomic mass is 9.51. The minimum atomic E-state index is -1.07. The molecule has 3 fully saturated rings. The fraction of sp³-hybridized carbons (Fsp3) is 1.00. The number of fused-ring (bicyclic) bond motifs is 2. The van der Waals surface area contributed by atoms with Crippen molar-refractivity contribution in [3.63, 3.8) is 0 Å². The van der Waals surface area contributed by atoms with Crippen molar-refractivity contribution in [2.24, 2.45) is 17.8 Å². The molecule has 13 heavy (non-hydrogen) atoms. The Hall–Kier alpha value is 1.35. The zero-order valence-electron chi connectivity index (χ0n) is 7.37. The molecule has 3 saturated carbocycles. The van der Waals surface area contributed by atoms with Crippen LogP contribution in [0.2, 0.25) is 0 Å². The van der Waals surface area contributed by atoms with Crippen LogP contribution in [0.5, 0.6) is 0 Å². The van der Waals surface area contributed by atoms with Crippen LogP contribution in [-0.4, -0.2) is 8.12 Å². The summed E-state index contributed by atoms with van der Waals surface area (Å²) in [6, 6.07) is 0. The molecule has 4 atom stereocenters. The third-order valence-electron chi connectivity index (χ3n) is 3.73. The summed E-state index contributed by atoms with van der Waals surface area (Å²) < 4.78 is -0.844. The van der Waals surface area contributed by atoms with Gasteiger partial charge in [0.15, 0.2) is 3.79 Å². The molecule has 0 aromatic heterocycles. The van der Waals surface area contributed by atoms with Gasteiger partial charge >= 0.3 is 0 Å². The maximum absolute atomic E-state index is 5.97. The maximum atomic E-state index is 5.97. The molecule has 0 N–H and O–H groups in total. The first-order chi connectivity index (χ1) is 5.85. The average Bonchev–Trinajstić information content (AvgIpc) is 2.01. The zero-order valence-corrected chi connectivity index (χ0v) is 11.2. The Morgan fingerprint density at radius 2 is 1.69 bits per heavy atom. The maximum Gasteiger partial charge on any atom is 0.194 e. The number of rotatable bonds is 0. The van der Waals surface area contributed by atoms with E-state index in [-0.39, 0.29) is 10.2 Å². The van der Waals surface area contributed by atoms with Gasteiger partial charge in [-0.1, -0.05) is 57.2 Å². The van der Waals surface area contributed by atoms with Crippen molar-refractivity contribution < 1.29 is 0 Å². The van der Waals surface area contributed by atoms with E-state index < -0.39 is 3.79 Å². The number of hydrogen-bond donors (Lipinski definition) is 0. The van der Waals surface area contributed by atoms with E-state index >= 15 is 0 Å². The molecule has 2 unspecified atom stereocenters. The van der Waals surface area contributed by atoms with E-state index in [0.29, 0.717) is 11.8 Å². The molecule has 0 saturated heterocycles. The average molecular weight is 306 g/mol. The summed E-state index contributed by atoms with van der Waals surface area (Å²) in [5, 5.41) is 0. The molecule has 0 spiro atoms. The van der Waals surface area contributed by atoms with E-state index in [0.717, 1.165) is 0 Å². The van der Waals surface area contributed by atoms with Crippen molar-refractivity contribution in [3.05, 3.63) is 0 Å². The summed E-state index contributed by atoms with van der Waals surface area (Å²) in [5.41, 5.74) is 0. The molecule has 0 aromatic carbocycles. The predicted molar refractivity (Wildman–Crippen MR) is 61.9 cm³/mol. The molecule has 0 radical (unpaired) electrons. The summed E-state index contributed by atoms with van der Waals surface area (Å²) in [6.45, 7) is 2.23. The Bertz CT molecular complexity index is 207. The summed E-state index contributed by atoms with van der Waals surface area (Å²) >= 11 is 21.7. The lowest BCUT2D eigenvalue weighted by Gasteiger charge is -2.62. The Morgan fingerprint density at radius 1 is 1.23 bits per heavy atom. The van der Waals surface area contributed by atoms with Crippen LogP contribution in [0.25, 0.3) is 0 Å². The summed E-state index contributed by atoms with van der Waals surface area (Å²) in [4.78, 5) is 0. The molecular weight excluding hydrogens is 294 g/mol. The van der Waals surface area contributed by atoms with Crippen molar-refractivity contribution in [2.45, 2.75) is 34.3 Å². The van der Waals surface area contributed by atoms with Crippen LogP contribution in [0.4, 0.5) is 0 Å². The molecule has 3 rings (SSSR count). The molecule has 0 aliphatic heterocycles. The lowest BCUT2D eigenvalue weighted by molar-refractivity contribution is -0.0238. The number of alkyl halides is 4. The first-order valence-electron chi connectivity index (χ1n) is 4.61. The molecule has 3 aliphatic carbocycles. The van der Waals surface area contributed by atoms with Crippen LogP contribution < -0.4 is 0 Å². The Balaban J connectivity index is 2.20. The molecule has 0 heterocycles. The Morgan fingerprint density at radius 3 is 1.92 bits per heavy atom. The van der Waals surface area contributed by atoms with Crippen LogP contribution in [0.15, 0.2) is 0 Å². The van der Waals surface area contributed by atoms with Crippen LogP contribution in [0, 0.1) is 17.8 Å². The lowest BCUT2D eigenvalue weighted by Crippen LogP contribution is -2.63. The van der Waals surface area contributed by atoms with Crippen LogP contribution >= 0.6 is 50.7 Å². The number of halogens is 4. The SMILES string of the molecule is CC1(Br)[C@@H]2CCC[C@H]1C2C(Cl)(Cl)Cl. The molecule has 0 aromatic rings. The van der Waals surface area contributed by atoms with Crippen LogP contribution in [0.1, 0.15) is 26.2 Å². The van der Waals surface area contributed by atoms with Crippen molar-refractivity contribution in [1.29, 1.82) is 0 Å². The largest absolute Gasteiger partial charge is 0.194 e. The fourth-order valence-corrected chi connectivity index (χ4v) is 5.02. The van der Waals surface area contributed by atoms with E-state index in [4.69, 9.17) is 34.8 Å². The van der Waals surface area contributed by atoms with E-state index in [1.54, 1.807) is 0 Å². The van der Waals surface area contributed by atoms with E-state index in [9.17, 15) is 0 Å².